The van der Waals surface area contributed by atoms with Crippen molar-refractivity contribution in [3.8, 4) is 11.5 Å². The van der Waals surface area contributed by atoms with E-state index in [1.807, 2.05) is 50.2 Å². The van der Waals surface area contributed by atoms with Gasteiger partial charge in [0.15, 0.2) is 0 Å². The number of ketones is 1. The molecule has 7 heteroatoms. The van der Waals surface area contributed by atoms with Crippen molar-refractivity contribution in [3.05, 3.63) is 65.2 Å². The van der Waals surface area contributed by atoms with Crippen molar-refractivity contribution in [1.82, 2.24) is 9.80 Å². The fraction of sp³-hybridized carbons (Fsp3) is 0.407. The first kappa shape index (κ1) is 25.3. The predicted molar refractivity (Wildman–Crippen MR) is 132 cm³/mol. The van der Waals surface area contributed by atoms with E-state index in [-0.39, 0.29) is 11.3 Å². The number of hydrogen-bond donors (Lipinski definition) is 1. The first-order valence-corrected chi connectivity index (χ1v) is 11.8. The lowest BCUT2D eigenvalue weighted by atomic mass is 9.95. The van der Waals surface area contributed by atoms with Gasteiger partial charge in [-0.25, -0.2) is 0 Å². The number of aliphatic hydroxyl groups is 1. The molecule has 182 valence electrons. The molecule has 1 unspecified atom stereocenters. The number of carbonyl (C=O) groups is 2. The second kappa shape index (κ2) is 11.7. The minimum absolute atomic E-state index is 0.0821. The molecule has 0 aromatic heterocycles. The zero-order valence-corrected chi connectivity index (χ0v) is 20.4. The number of unbranched alkanes of at least 4 members (excludes halogenated alkanes) is 1. The zero-order valence-electron chi connectivity index (χ0n) is 20.4. The number of hydrogen-bond acceptors (Lipinski definition) is 6. The lowest BCUT2D eigenvalue weighted by Gasteiger charge is -2.27. The minimum Gasteiger partial charge on any atom is -0.507 e. The topological polar surface area (TPSA) is 79.3 Å². The van der Waals surface area contributed by atoms with Crippen molar-refractivity contribution in [2.45, 2.75) is 32.7 Å². The Bertz CT molecular complexity index is 1030. The van der Waals surface area contributed by atoms with E-state index < -0.39 is 17.7 Å². The molecule has 1 aliphatic heterocycles. The number of carbonyl (C=O) groups excluding carboxylic acids is 2. The quantitative estimate of drug-likeness (QED) is 0.231. The largest absolute Gasteiger partial charge is 0.507 e. The highest BCUT2D eigenvalue weighted by Crippen LogP contribution is 2.40. The zero-order chi connectivity index (χ0) is 24.7. The number of likely N-dealkylation sites (N-methyl/N-ethyl adjacent to an activating group) is 1. The monoisotopic (exact) mass is 466 g/mol. The van der Waals surface area contributed by atoms with Crippen LogP contribution in [0.3, 0.4) is 0 Å². The predicted octanol–water partition coefficient (Wildman–Crippen LogP) is 4.25. The van der Waals surface area contributed by atoms with Gasteiger partial charge in [-0.1, -0.05) is 25.5 Å². The van der Waals surface area contributed by atoms with E-state index in [9.17, 15) is 14.7 Å². The van der Waals surface area contributed by atoms with Crippen molar-refractivity contribution < 1.29 is 24.2 Å². The van der Waals surface area contributed by atoms with Gasteiger partial charge in [-0.05, 0) is 69.4 Å². The molecule has 0 saturated carbocycles. The van der Waals surface area contributed by atoms with Crippen LogP contribution >= 0.6 is 0 Å². The fourth-order valence-electron chi connectivity index (χ4n) is 3.90. The molecule has 2 aromatic rings. The van der Waals surface area contributed by atoms with Gasteiger partial charge in [0, 0.05) is 18.7 Å². The fourth-order valence-corrected chi connectivity index (χ4v) is 3.90. The van der Waals surface area contributed by atoms with Gasteiger partial charge >= 0.3 is 0 Å². The molecule has 1 aliphatic rings. The van der Waals surface area contributed by atoms with Crippen LogP contribution in [0.25, 0.3) is 5.76 Å². The average Bonchev–Trinajstić information content (AvgIpc) is 3.08. The van der Waals surface area contributed by atoms with E-state index in [1.165, 1.54) is 4.90 Å². The average molecular weight is 467 g/mol. The lowest BCUT2D eigenvalue weighted by Crippen LogP contribution is -2.35. The van der Waals surface area contributed by atoms with Crippen LogP contribution in [-0.4, -0.2) is 67.0 Å². The molecular formula is C27H34N2O5. The van der Waals surface area contributed by atoms with E-state index in [1.54, 1.807) is 24.3 Å². The van der Waals surface area contributed by atoms with Crippen molar-refractivity contribution in [3.63, 3.8) is 0 Å². The van der Waals surface area contributed by atoms with Crippen LogP contribution in [-0.2, 0) is 9.59 Å². The number of rotatable bonds is 11. The van der Waals surface area contributed by atoms with E-state index in [0.29, 0.717) is 43.4 Å². The number of nitrogens with zero attached hydrogens (tertiary/aromatic N) is 2. The van der Waals surface area contributed by atoms with E-state index in [2.05, 4.69) is 6.92 Å². The summed E-state index contributed by atoms with van der Waals surface area (Å²) in [5, 5.41) is 11.2. The number of aliphatic hydroxyl groups excluding tert-OH is 1. The van der Waals surface area contributed by atoms with E-state index in [4.69, 9.17) is 9.47 Å². The molecule has 1 heterocycles. The van der Waals surface area contributed by atoms with Gasteiger partial charge in [0.25, 0.3) is 11.7 Å². The molecule has 34 heavy (non-hydrogen) atoms. The molecule has 1 amide bonds. The molecule has 1 saturated heterocycles. The summed E-state index contributed by atoms with van der Waals surface area (Å²) in [5.41, 5.74) is 1.26. The summed E-state index contributed by atoms with van der Waals surface area (Å²) < 4.78 is 11.3. The van der Waals surface area contributed by atoms with Crippen LogP contribution in [0, 0.1) is 0 Å². The second-order valence-corrected chi connectivity index (χ2v) is 8.53. The van der Waals surface area contributed by atoms with Gasteiger partial charge in [0.1, 0.15) is 17.3 Å². The smallest absolute Gasteiger partial charge is 0.295 e. The van der Waals surface area contributed by atoms with Crippen LogP contribution in [0.5, 0.6) is 11.5 Å². The number of amides is 1. The normalized spacial score (nSPS) is 17.4. The first-order chi connectivity index (χ1) is 16.4. The highest BCUT2D eigenvalue weighted by molar-refractivity contribution is 6.46. The maximum absolute atomic E-state index is 13.1. The van der Waals surface area contributed by atoms with Crippen molar-refractivity contribution >= 4 is 17.4 Å². The van der Waals surface area contributed by atoms with Crippen molar-refractivity contribution in [2.24, 2.45) is 0 Å². The standard InChI is InChI=1S/C27H34N2O5/c1-5-7-17-34-22-10-8-9-20(18-22)24-23(26(31)27(32)29(24)16-15-28(3)4)25(30)19-11-13-21(14-12-19)33-6-2/h8-14,18,24,30H,5-7,15-17H2,1-4H3/b25-23+. The Balaban J connectivity index is 2.05. The second-order valence-electron chi connectivity index (χ2n) is 8.53. The number of likely N-dealkylation sites (tertiary alicyclic amines) is 1. The van der Waals surface area contributed by atoms with Crippen LogP contribution in [0.15, 0.2) is 54.1 Å². The summed E-state index contributed by atoms with van der Waals surface area (Å²) in [6, 6.07) is 13.6. The van der Waals surface area contributed by atoms with Crippen LogP contribution < -0.4 is 9.47 Å². The Morgan fingerprint density at radius 1 is 1.03 bits per heavy atom. The maximum atomic E-state index is 13.1. The van der Waals surface area contributed by atoms with Gasteiger partial charge in [0.2, 0.25) is 0 Å². The Labute approximate surface area is 201 Å². The summed E-state index contributed by atoms with van der Waals surface area (Å²) in [7, 11) is 3.82. The third kappa shape index (κ3) is 5.78. The molecule has 1 fully saturated rings. The van der Waals surface area contributed by atoms with Crippen LogP contribution in [0.1, 0.15) is 43.9 Å². The van der Waals surface area contributed by atoms with E-state index in [0.717, 1.165) is 18.4 Å². The lowest BCUT2D eigenvalue weighted by molar-refractivity contribution is -0.140. The van der Waals surface area contributed by atoms with Crippen LogP contribution in [0.4, 0.5) is 0 Å². The molecule has 0 spiro atoms. The molecule has 7 nitrogen and oxygen atoms in total. The van der Waals surface area contributed by atoms with E-state index >= 15 is 0 Å². The Hall–Kier alpha value is -3.32. The summed E-state index contributed by atoms with van der Waals surface area (Å²) in [5.74, 6) is -0.163. The summed E-state index contributed by atoms with van der Waals surface area (Å²) in [6.07, 6.45) is 1.95. The molecule has 2 aromatic carbocycles. The summed E-state index contributed by atoms with van der Waals surface area (Å²) in [6.45, 7) is 6.04. The number of Topliss-reactive ketones (excluding diaryl/α,β-unsaturated/α-hetero) is 1. The minimum atomic E-state index is -0.707. The van der Waals surface area contributed by atoms with Gasteiger partial charge < -0.3 is 24.4 Å². The summed E-state index contributed by atoms with van der Waals surface area (Å²) in [4.78, 5) is 29.7. The Morgan fingerprint density at radius 2 is 1.76 bits per heavy atom. The summed E-state index contributed by atoms with van der Waals surface area (Å²) >= 11 is 0. The Morgan fingerprint density at radius 3 is 2.41 bits per heavy atom. The SMILES string of the molecule is CCCCOc1cccc(C2/C(=C(\O)c3ccc(OCC)cc3)C(=O)C(=O)N2CCN(C)C)c1. The van der Waals surface area contributed by atoms with Gasteiger partial charge in [0.05, 0.1) is 24.8 Å². The molecule has 0 bridgehead atoms. The van der Waals surface area contributed by atoms with Gasteiger partial charge in [-0.2, -0.15) is 0 Å². The molecular weight excluding hydrogens is 432 g/mol. The highest BCUT2D eigenvalue weighted by atomic mass is 16.5. The number of benzene rings is 2. The van der Waals surface area contributed by atoms with Gasteiger partial charge in [-0.3, -0.25) is 9.59 Å². The van der Waals surface area contributed by atoms with Gasteiger partial charge in [-0.15, -0.1) is 0 Å². The third-order valence-corrected chi connectivity index (χ3v) is 5.71. The highest BCUT2D eigenvalue weighted by Gasteiger charge is 2.46. The van der Waals surface area contributed by atoms with Crippen LogP contribution in [0.2, 0.25) is 0 Å². The first-order valence-electron chi connectivity index (χ1n) is 11.8. The third-order valence-electron chi connectivity index (χ3n) is 5.71. The number of ether oxygens (including phenoxy) is 2. The molecule has 1 atom stereocenters. The molecule has 0 aliphatic carbocycles. The maximum Gasteiger partial charge on any atom is 0.295 e. The van der Waals surface area contributed by atoms with Crippen molar-refractivity contribution in [1.29, 1.82) is 0 Å². The molecule has 0 radical (unpaired) electrons. The molecule has 1 N–H and O–H groups in total. The Kier molecular flexibility index (Phi) is 8.71. The molecule has 3 rings (SSSR count). The van der Waals surface area contributed by atoms with Crippen molar-refractivity contribution in [2.75, 3.05) is 40.4 Å².